The molecule has 0 atom stereocenters. The predicted molar refractivity (Wildman–Crippen MR) is 102 cm³/mol. The van der Waals surface area contributed by atoms with Crippen LogP contribution in [-0.4, -0.2) is 26.4 Å². The number of thioether (sulfide) groups is 1. The molecular formula is C17H14Cl2N4OS. The second kappa shape index (κ2) is 7.91. The van der Waals surface area contributed by atoms with Gasteiger partial charge in [0.2, 0.25) is 5.91 Å². The predicted octanol–water partition coefficient (Wildman–Crippen LogP) is 4.61. The first-order chi connectivity index (χ1) is 12.0. The largest absolute Gasteiger partial charge is 0.325 e. The maximum absolute atomic E-state index is 12.1. The summed E-state index contributed by atoms with van der Waals surface area (Å²) in [5.74, 6) is 0.826. The van der Waals surface area contributed by atoms with Crippen LogP contribution >= 0.6 is 35.0 Å². The Morgan fingerprint density at radius 2 is 1.64 bits per heavy atom. The molecule has 0 radical (unpaired) electrons. The lowest BCUT2D eigenvalue weighted by Crippen LogP contribution is -2.14. The second-order valence-electron chi connectivity index (χ2n) is 5.19. The van der Waals surface area contributed by atoms with Crippen molar-refractivity contribution in [2.75, 3.05) is 11.1 Å². The van der Waals surface area contributed by atoms with E-state index in [1.807, 2.05) is 23.6 Å². The summed E-state index contributed by atoms with van der Waals surface area (Å²) in [4.78, 5) is 12.1. The Morgan fingerprint density at radius 1 is 1.04 bits per heavy atom. The number of anilines is 1. The van der Waals surface area contributed by atoms with Gasteiger partial charge in [-0.05, 0) is 55.5 Å². The van der Waals surface area contributed by atoms with Crippen molar-refractivity contribution < 1.29 is 4.79 Å². The Labute approximate surface area is 159 Å². The highest BCUT2D eigenvalue weighted by molar-refractivity contribution is 7.99. The number of benzene rings is 2. The van der Waals surface area contributed by atoms with Gasteiger partial charge in [-0.1, -0.05) is 35.0 Å². The summed E-state index contributed by atoms with van der Waals surface area (Å²) in [6.07, 6.45) is 0. The van der Waals surface area contributed by atoms with Gasteiger partial charge in [-0.3, -0.25) is 9.36 Å². The summed E-state index contributed by atoms with van der Waals surface area (Å²) in [6, 6.07) is 14.3. The summed E-state index contributed by atoms with van der Waals surface area (Å²) in [5, 5.41) is 13.0. The molecule has 3 aromatic rings. The average Bonchev–Trinajstić information content (AvgIpc) is 2.97. The van der Waals surface area contributed by atoms with Crippen LogP contribution in [0.25, 0.3) is 5.69 Å². The van der Waals surface area contributed by atoms with Crippen LogP contribution in [0.5, 0.6) is 0 Å². The van der Waals surface area contributed by atoms with Crippen molar-refractivity contribution in [2.45, 2.75) is 12.1 Å². The van der Waals surface area contributed by atoms with E-state index >= 15 is 0 Å². The fraction of sp³-hybridized carbons (Fsp3) is 0.118. The minimum Gasteiger partial charge on any atom is -0.325 e. The van der Waals surface area contributed by atoms with Crippen molar-refractivity contribution in [3.05, 3.63) is 64.4 Å². The van der Waals surface area contributed by atoms with Gasteiger partial charge in [-0.2, -0.15) is 0 Å². The highest BCUT2D eigenvalue weighted by Gasteiger charge is 2.13. The Hall–Kier alpha value is -2.02. The normalized spacial score (nSPS) is 10.7. The fourth-order valence-electron chi connectivity index (χ4n) is 2.18. The number of amides is 1. The number of nitrogens with one attached hydrogen (secondary N) is 1. The smallest absolute Gasteiger partial charge is 0.234 e. The summed E-state index contributed by atoms with van der Waals surface area (Å²) in [7, 11) is 0. The number of hydrogen-bond donors (Lipinski definition) is 1. The summed E-state index contributed by atoms with van der Waals surface area (Å²) < 4.78 is 1.89. The van der Waals surface area contributed by atoms with Crippen LogP contribution in [0, 0.1) is 6.92 Å². The second-order valence-corrected chi connectivity index (χ2v) is 7.00. The Balaban J connectivity index is 1.68. The number of halogens is 2. The zero-order valence-electron chi connectivity index (χ0n) is 13.2. The van der Waals surface area contributed by atoms with E-state index in [9.17, 15) is 4.79 Å². The molecule has 2 aromatic carbocycles. The van der Waals surface area contributed by atoms with Gasteiger partial charge in [0, 0.05) is 21.4 Å². The van der Waals surface area contributed by atoms with E-state index < -0.39 is 0 Å². The lowest BCUT2D eigenvalue weighted by Gasteiger charge is -2.09. The van der Waals surface area contributed by atoms with E-state index in [2.05, 4.69) is 15.5 Å². The third kappa shape index (κ3) is 4.54. The van der Waals surface area contributed by atoms with Gasteiger partial charge >= 0.3 is 0 Å². The van der Waals surface area contributed by atoms with Crippen molar-refractivity contribution in [1.82, 2.24) is 14.8 Å². The minimum atomic E-state index is -0.129. The van der Waals surface area contributed by atoms with E-state index in [4.69, 9.17) is 23.2 Å². The van der Waals surface area contributed by atoms with Crippen LogP contribution < -0.4 is 5.32 Å². The first-order valence-electron chi connectivity index (χ1n) is 7.39. The number of rotatable bonds is 5. The zero-order valence-corrected chi connectivity index (χ0v) is 15.6. The molecule has 0 aliphatic carbocycles. The average molecular weight is 393 g/mol. The van der Waals surface area contributed by atoms with E-state index in [0.29, 0.717) is 20.9 Å². The maximum Gasteiger partial charge on any atom is 0.234 e. The number of hydrogen-bond acceptors (Lipinski definition) is 4. The zero-order chi connectivity index (χ0) is 17.8. The number of carbonyl (C=O) groups is 1. The minimum absolute atomic E-state index is 0.129. The molecule has 1 heterocycles. The molecule has 0 saturated heterocycles. The van der Waals surface area contributed by atoms with Gasteiger partial charge in [-0.15, -0.1) is 10.2 Å². The van der Waals surface area contributed by atoms with Crippen LogP contribution in [0.15, 0.2) is 53.7 Å². The Bertz CT molecular complexity index is 879. The number of carbonyl (C=O) groups excluding carboxylic acids is 1. The van der Waals surface area contributed by atoms with Gasteiger partial charge in [0.05, 0.1) is 5.75 Å². The Morgan fingerprint density at radius 3 is 2.28 bits per heavy atom. The van der Waals surface area contributed by atoms with E-state index in [0.717, 1.165) is 11.5 Å². The first kappa shape index (κ1) is 17.8. The van der Waals surface area contributed by atoms with Gasteiger partial charge in [0.25, 0.3) is 0 Å². The van der Waals surface area contributed by atoms with Crippen molar-refractivity contribution in [3.63, 3.8) is 0 Å². The molecule has 3 rings (SSSR count). The molecule has 0 saturated carbocycles. The molecule has 1 aromatic heterocycles. The van der Waals surface area contributed by atoms with Gasteiger partial charge in [0.15, 0.2) is 5.16 Å². The SMILES string of the molecule is Cc1nnc(SCC(=O)Nc2ccc(Cl)cc2)n1-c1ccc(Cl)cc1. The summed E-state index contributed by atoms with van der Waals surface area (Å²) in [6.45, 7) is 1.86. The van der Waals surface area contributed by atoms with Crippen LogP contribution in [0.4, 0.5) is 5.69 Å². The molecule has 8 heteroatoms. The van der Waals surface area contributed by atoms with E-state index in [1.54, 1.807) is 36.4 Å². The lowest BCUT2D eigenvalue weighted by atomic mass is 10.3. The van der Waals surface area contributed by atoms with Crippen molar-refractivity contribution in [1.29, 1.82) is 0 Å². The molecule has 5 nitrogen and oxygen atoms in total. The van der Waals surface area contributed by atoms with Crippen LogP contribution in [-0.2, 0) is 4.79 Å². The number of aryl methyl sites for hydroxylation is 1. The third-order valence-corrected chi connectivity index (χ3v) is 4.77. The first-order valence-corrected chi connectivity index (χ1v) is 9.13. The fourth-order valence-corrected chi connectivity index (χ4v) is 3.23. The van der Waals surface area contributed by atoms with E-state index in [-0.39, 0.29) is 11.7 Å². The molecule has 25 heavy (non-hydrogen) atoms. The monoisotopic (exact) mass is 392 g/mol. The highest BCUT2D eigenvalue weighted by atomic mass is 35.5. The standard InChI is InChI=1S/C17H14Cl2N4OS/c1-11-21-22-17(23(11)15-8-4-13(19)5-9-15)25-10-16(24)20-14-6-2-12(18)3-7-14/h2-9H,10H2,1H3,(H,20,24). The quantitative estimate of drug-likeness (QED) is 0.643. The molecular weight excluding hydrogens is 379 g/mol. The van der Waals surface area contributed by atoms with Crippen LogP contribution in [0.1, 0.15) is 5.82 Å². The highest BCUT2D eigenvalue weighted by Crippen LogP contribution is 2.23. The molecule has 0 unspecified atom stereocenters. The molecule has 0 bridgehead atoms. The van der Waals surface area contributed by atoms with Crippen molar-refractivity contribution in [3.8, 4) is 5.69 Å². The van der Waals surface area contributed by atoms with Crippen LogP contribution in [0.2, 0.25) is 10.0 Å². The molecule has 128 valence electrons. The topological polar surface area (TPSA) is 59.8 Å². The molecule has 1 N–H and O–H groups in total. The maximum atomic E-state index is 12.1. The van der Waals surface area contributed by atoms with E-state index in [1.165, 1.54) is 11.8 Å². The third-order valence-electron chi connectivity index (χ3n) is 3.34. The Kier molecular flexibility index (Phi) is 5.63. The molecule has 1 amide bonds. The van der Waals surface area contributed by atoms with Crippen molar-refractivity contribution >= 4 is 46.6 Å². The molecule has 0 fully saturated rings. The number of nitrogens with zero attached hydrogens (tertiary/aromatic N) is 3. The molecule has 0 aliphatic heterocycles. The lowest BCUT2D eigenvalue weighted by molar-refractivity contribution is -0.113. The molecule has 0 aliphatic rings. The van der Waals surface area contributed by atoms with Crippen LogP contribution in [0.3, 0.4) is 0 Å². The molecule has 0 spiro atoms. The summed E-state index contributed by atoms with van der Waals surface area (Å²) >= 11 is 13.1. The number of aromatic nitrogens is 3. The van der Waals surface area contributed by atoms with Gasteiger partial charge < -0.3 is 5.32 Å². The van der Waals surface area contributed by atoms with Gasteiger partial charge in [-0.25, -0.2) is 0 Å². The van der Waals surface area contributed by atoms with Gasteiger partial charge in [0.1, 0.15) is 5.82 Å². The van der Waals surface area contributed by atoms with Crippen molar-refractivity contribution in [2.24, 2.45) is 0 Å². The summed E-state index contributed by atoms with van der Waals surface area (Å²) in [5.41, 5.74) is 1.60.